The van der Waals surface area contributed by atoms with Crippen molar-refractivity contribution in [1.29, 1.82) is 0 Å². The summed E-state index contributed by atoms with van der Waals surface area (Å²) in [6.45, 7) is 3.03. The van der Waals surface area contributed by atoms with E-state index in [2.05, 4.69) is 15.5 Å². The zero-order valence-corrected chi connectivity index (χ0v) is 19.6. The van der Waals surface area contributed by atoms with Crippen LogP contribution in [-0.4, -0.2) is 45.5 Å². The van der Waals surface area contributed by atoms with Crippen LogP contribution in [0.2, 0.25) is 0 Å². The fourth-order valence-electron chi connectivity index (χ4n) is 2.49. The van der Waals surface area contributed by atoms with Crippen molar-refractivity contribution in [3.63, 3.8) is 0 Å². The first-order valence-electron chi connectivity index (χ1n) is 8.76. The molecule has 0 fully saturated rings. The van der Waals surface area contributed by atoms with Gasteiger partial charge in [-0.25, -0.2) is 0 Å². The number of hydrogen-bond acceptors (Lipinski definition) is 8. The number of nitro benzene ring substituents is 1. The molecule has 0 aliphatic heterocycles. The Kier molecular flexibility index (Phi) is 13.0. The molecule has 2 aromatic carbocycles. The van der Waals surface area contributed by atoms with Gasteiger partial charge in [0.1, 0.15) is 10.6 Å². The average molecular weight is 553 g/mol. The van der Waals surface area contributed by atoms with Gasteiger partial charge >= 0.3 is 5.91 Å². The molecule has 0 aliphatic carbocycles. The number of nitrogens with zero attached hydrogens (tertiary/aromatic N) is 3. The van der Waals surface area contributed by atoms with Crippen LogP contribution in [0.3, 0.4) is 0 Å². The van der Waals surface area contributed by atoms with Crippen LogP contribution in [0.25, 0.3) is 0 Å². The molecule has 0 aliphatic rings. The molecule has 14 nitrogen and oxygen atoms in total. The van der Waals surface area contributed by atoms with E-state index in [9.17, 15) is 37.8 Å². The number of phenolic OH excluding ortho intramolecular Hbond substituents is 1. The molecule has 0 aromatic heterocycles. The fraction of sp³-hybridized carbons (Fsp3) is 0.222. The van der Waals surface area contributed by atoms with Crippen molar-refractivity contribution in [1.82, 2.24) is 0 Å². The Balaban J connectivity index is 0. The van der Waals surface area contributed by atoms with Gasteiger partial charge in [0.15, 0.2) is 11.5 Å². The first-order valence-corrected chi connectivity index (χ1v) is 10.2. The summed E-state index contributed by atoms with van der Waals surface area (Å²) in [5.74, 6) is -2.38. The zero-order valence-electron chi connectivity index (χ0n) is 17.8. The Morgan fingerprint density at radius 1 is 1.26 bits per heavy atom. The summed E-state index contributed by atoms with van der Waals surface area (Å²) < 4.78 is 31.9. The number of hydrogen-bond donors (Lipinski definition) is 3. The van der Waals surface area contributed by atoms with Gasteiger partial charge in [-0.05, 0) is 31.0 Å². The first kappa shape index (κ1) is 32.9. The molecule has 0 bridgehead atoms. The molecule has 1 atom stereocenters. The average Bonchev–Trinajstić information content (AvgIpc) is 2.68. The Hall–Kier alpha value is -3.27. The monoisotopic (exact) mass is 552 g/mol. The summed E-state index contributed by atoms with van der Waals surface area (Å²) in [5, 5.41) is 30.7. The molecule has 1 unspecified atom stereocenters. The van der Waals surface area contributed by atoms with Gasteiger partial charge in [-0.15, -0.1) is 0 Å². The second-order valence-corrected chi connectivity index (χ2v) is 7.73. The molecule has 0 spiro atoms. The topological polar surface area (TPSA) is 259 Å². The third-order valence-electron chi connectivity index (χ3n) is 4.06. The van der Waals surface area contributed by atoms with E-state index in [0.29, 0.717) is 17.8 Å². The maximum atomic E-state index is 11.9. The minimum absolute atomic E-state index is 0. The maximum absolute atomic E-state index is 11.9. The quantitative estimate of drug-likeness (QED) is 0.0809. The molecule has 1 radical (unpaired) electrons. The van der Waals surface area contributed by atoms with Crippen molar-refractivity contribution in [2.75, 3.05) is 5.32 Å². The number of aromatic hydroxyl groups is 1. The van der Waals surface area contributed by atoms with Gasteiger partial charge in [0.2, 0.25) is 0 Å². The number of phenols is 1. The minimum atomic E-state index is -5.02. The van der Waals surface area contributed by atoms with Crippen LogP contribution in [0, 0.1) is 10.1 Å². The SMILES string of the molecule is CCc1cccc(NC(=[OH+])C(N=Nc2cc([N+](=O)[O-])cc(S(=O)(=O)O)c2O)C(C)=O)c1.[Cu].[OH3+].[OH3+]. The number of azo groups is 1. The smallest absolute Gasteiger partial charge is 0.428 e. The molecule has 1 amide bonds. The summed E-state index contributed by atoms with van der Waals surface area (Å²) in [7, 11) is -5.02. The Labute approximate surface area is 204 Å². The number of nitro groups is 1. The number of ketones is 1. The molecule has 2 rings (SSSR count). The predicted octanol–water partition coefficient (Wildman–Crippen LogP) is 0.919. The van der Waals surface area contributed by atoms with Crippen LogP contribution >= 0.6 is 0 Å². The molecule has 16 heteroatoms. The van der Waals surface area contributed by atoms with Crippen molar-refractivity contribution in [2.24, 2.45) is 10.2 Å². The maximum Gasteiger partial charge on any atom is 0.428 e. The van der Waals surface area contributed by atoms with Crippen LogP contribution in [0.4, 0.5) is 17.1 Å². The summed E-state index contributed by atoms with van der Waals surface area (Å²) in [4.78, 5) is 31.1. The summed E-state index contributed by atoms with van der Waals surface area (Å²) in [6.07, 6.45) is 0.730. The number of nitrogens with one attached hydrogen (secondary N) is 1. The van der Waals surface area contributed by atoms with E-state index in [1.165, 1.54) is 0 Å². The molecule has 0 heterocycles. The number of carbonyl (C=O) groups is 1. The second-order valence-electron chi connectivity index (χ2n) is 6.34. The van der Waals surface area contributed by atoms with Crippen LogP contribution < -0.4 is 5.32 Å². The molecule has 191 valence electrons. The van der Waals surface area contributed by atoms with Crippen LogP contribution in [0.1, 0.15) is 19.4 Å². The van der Waals surface area contributed by atoms with Crippen molar-refractivity contribution in [2.45, 2.75) is 31.2 Å². The van der Waals surface area contributed by atoms with E-state index in [0.717, 1.165) is 18.9 Å². The summed E-state index contributed by atoms with van der Waals surface area (Å²) >= 11 is 0. The number of Topliss-reactive ketones (excluding diaryl/α,β-unsaturated/α-hetero) is 1. The molecule has 10 N–H and O–H groups in total. The van der Waals surface area contributed by atoms with Gasteiger partial charge in [0, 0.05) is 34.9 Å². The fourth-order valence-corrected chi connectivity index (χ4v) is 3.11. The van der Waals surface area contributed by atoms with Gasteiger partial charge in [0.05, 0.1) is 4.92 Å². The van der Waals surface area contributed by atoms with Crippen molar-refractivity contribution < 1.29 is 60.6 Å². The number of carbonyl (C=O) groups excluding carboxylic acids is 2. The Morgan fingerprint density at radius 2 is 1.88 bits per heavy atom. The first-order chi connectivity index (χ1) is 14.4. The van der Waals surface area contributed by atoms with Crippen LogP contribution in [0.5, 0.6) is 5.75 Å². The van der Waals surface area contributed by atoms with Crippen LogP contribution in [-0.2, 0) is 49.4 Å². The number of rotatable bonds is 8. The van der Waals surface area contributed by atoms with E-state index < -0.39 is 54.8 Å². The van der Waals surface area contributed by atoms with E-state index in [1.807, 2.05) is 13.0 Å². The van der Waals surface area contributed by atoms with Crippen molar-refractivity contribution >= 4 is 38.9 Å². The van der Waals surface area contributed by atoms with Gasteiger partial charge in [0.25, 0.3) is 21.8 Å². The molecular weight excluding hydrogens is 528 g/mol. The predicted molar refractivity (Wildman–Crippen MR) is 120 cm³/mol. The van der Waals surface area contributed by atoms with Crippen molar-refractivity contribution in [3.05, 3.63) is 52.1 Å². The standard InChI is InChI=1S/C18H18N4O8S.Cu.2H2O/c1-3-11-5-4-6-12(7-11)19-18(25)16(10(2)23)21-20-14-8-13(22(26)27)9-15(17(14)24)31(28,29)30;;;/h4-9,16,24H,3H2,1-2H3,(H,19,25)(H,28,29,30);;2*1H2/p+3. The van der Waals surface area contributed by atoms with E-state index in [-0.39, 0.29) is 28.0 Å². The Morgan fingerprint density at radius 3 is 2.38 bits per heavy atom. The van der Waals surface area contributed by atoms with E-state index in [1.54, 1.807) is 18.2 Å². The number of anilines is 1. The number of amides is 1. The summed E-state index contributed by atoms with van der Waals surface area (Å²) in [6, 6.07) is 6.53. The van der Waals surface area contributed by atoms with E-state index in [4.69, 9.17) is 0 Å². The number of non-ortho nitro benzene ring substituents is 1. The van der Waals surface area contributed by atoms with Crippen LogP contribution in [0.15, 0.2) is 51.5 Å². The van der Waals surface area contributed by atoms with Gasteiger partial charge < -0.3 is 16.1 Å². The third-order valence-corrected chi connectivity index (χ3v) is 4.93. The number of benzene rings is 2. The molecule has 0 saturated heterocycles. The van der Waals surface area contributed by atoms with Crippen molar-refractivity contribution in [3.8, 4) is 5.75 Å². The normalized spacial score (nSPS) is 11.4. The van der Waals surface area contributed by atoms with Gasteiger partial charge in [-0.2, -0.15) is 18.6 Å². The zero-order chi connectivity index (χ0) is 23.3. The largest absolute Gasteiger partial charge is 0.504 e. The Bertz CT molecular complexity index is 1190. The number of aryl methyl sites for hydroxylation is 1. The molecule has 0 saturated carbocycles. The van der Waals surface area contributed by atoms with E-state index >= 15 is 0 Å². The van der Waals surface area contributed by atoms with Gasteiger partial charge in [-0.3, -0.25) is 29.6 Å². The third kappa shape index (κ3) is 8.26. The summed E-state index contributed by atoms with van der Waals surface area (Å²) in [5.41, 5.74) is -0.0847. The minimum Gasteiger partial charge on any atom is -0.504 e. The molecular formula is C18H25CuN4O10S+3. The second kappa shape index (κ2) is 13.4. The molecule has 34 heavy (non-hydrogen) atoms. The molecule has 2 aromatic rings. The van der Waals surface area contributed by atoms with Gasteiger partial charge in [-0.1, -0.05) is 19.1 Å².